The van der Waals surface area contributed by atoms with Crippen LogP contribution in [0.4, 0.5) is 0 Å². The van der Waals surface area contributed by atoms with Gasteiger partial charge in [-0.15, -0.1) is 0 Å². The summed E-state index contributed by atoms with van der Waals surface area (Å²) in [7, 11) is -1.44. The normalized spacial score (nSPS) is 9.71. The van der Waals surface area contributed by atoms with Crippen LogP contribution in [0.15, 0.2) is 48.5 Å². The highest BCUT2D eigenvalue weighted by Gasteiger charge is 2.09. The highest BCUT2D eigenvalue weighted by Crippen LogP contribution is 2.18. The fourth-order valence-electron chi connectivity index (χ4n) is 1.58. The molecule has 17 heavy (non-hydrogen) atoms. The van der Waals surface area contributed by atoms with Gasteiger partial charge in [-0.1, -0.05) is 36.4 Å². The van der Waals surface area contributed by atoms with E-state index in [-0.39, 0.29) is 0 Å². The molecule has 0 bridgehead atoms. The number of nitrogens with zero attached hydrogens (tertiary/aromatic N) is 1. The van der Waals surface area contributed by atoms with E-state index in [2.05, 4.69) is 6.07 Å². The van der Waals surface area contributed by atoms with Gasteiger partial charge < -0.3 is 10.0 Å². The van der Waals surface area contributed by atoms with Crippen molar-refractivity contribution in [1.29, 1.82) is 5.26 Å². The van der Waals surface area contributed by atoms with Gasteiger partial charge in [0.05, 0.1) is 11.6 Å². The minimum absolute atomic E-state index is 0.461. The van der Waals surface area contributed by atoms with Crippen molar-refractivity contribution in [3.8, 4) is 17.2 Å². The molecule has 0 unspecified atom stereocenters. The molecule has 4 heteroatoms. The Kier molecular flexibility index (Phi) is 3.24. The monoisotopic (exact) mass is 223 g/mol. The Balaban J connectivity index is 2.30. The summed E-state index contributed by atoms with van der Waals surface area (Å²) in [6.07, 6.45) is 0. The van der Waals surface area contributed by atoms with Gasteiger partial charge in [0.1, 0.15) is 0 Å². The van der Waals surface area contributed by atoms with E-state index >= 15 is 0 Å². The maximum Gasteiger partial charge on any atom is 0.488 e. The standard InChI is InChI=1S/C13H10BNO2/c15-9-10-1-3-11(4-2-10)12-5-7-13(8-6-12)14(16)17/h1-8,16-17H. The van der Waals surface area contributed by atoms with Crippen molar-refractivity contribution < 1.29 is 10.0 Å². The third-order valence-electron chi connectivity index (χ3n) is 2.56. The number of hydrogen-bond acceptors (Lipinski definition) is 3. The van der Waals surface area contributed by atoms with Gasteiger partial charge in [-0.25, -0.2) is 0 Å². The molecule has 2 aromatic carbocycles. The van der Waals surface area contributed by atoms with Crippen LogP contribution < -0.4 is 5.46 Å². The Labute approximate surface area is 99.7 Å². The summed E-state index contributed by atoms with van der Waals surface area (Å²) in [6.45, 7) is 0. The molecule has 0 aliphatic heterocycles. The lowest BCUT2D eigenvalue weighted by molar-refractivity contribution is 0.426. The first-order valence-corrected chi connectivity index (χ1v) is 5.17. The molecule has 0 aliphatic rings. The molecule has 82 valence electrons. The second kappa shape index (κ2) is 4.83. The zero-order valence-corrected chi connectivity index (χ0v) is 9.04. The van der Waals surface area contributed by atoms with Crippen molar-refractivity contribution in [1.82, 2.24) is 0 Å². The fourth-order valence-corrected chi connectivity index (χ4v) is 1.58. The quantitative estimate of drug-likeness (QED) is 0.743. The predicted molar refractivity (Wildman–Crippen MR) is 66.4 cm³/mol. The van der Waals surface area contributed by atoms with E-state index in [1.54, 1.807) is 24.3 Å². The number of rotatable bonds is 2. The maximum absolute atomic E-state index is 8.97. The fraction of sp³-hybridized carbons (Fsp3) is 0. The van der Waals surface area contributed by atoms with E-state index < -0.39 is 7.12 Å². The Morgan fingerprint density at radius 1 is 0.824 bits per heavy atom. The minimum atomic E-state index is -1.44. The van der Waals surface area contributed by atoms with Crippen LogP contribution in [-0.2, 0) is 0 Å². The molecular formula is C13H10BNO2. The molecule has 0 amide bonds. The largest absolute Gasteiger partial charge is 0.488 e. The molecule has 0 radical (unpaired) electrons. The van der Waals surface area contributed by atoms with E-state index in [9.17, 15) is 0 Å². The van der Waals surface area contributed by atoms with Crippen molar-refractivity contribution in [3.05, 3.63) is 54.1 Å². The Hall–Kier alpha value is -2.09. The van der Waals surface area contributed by atoms with E-state index in [0.717, 1.165) is 11.1 Å². The van der Waals surface area contributed by atoms with Crippen molar-refractivity contribution in [2.75, 3.05) is 0 Å². The summed E-state index contributed by atoms with van der Waals surface area (Å²) in [5.41, 5.74) is 3.04. The van der Waals surface area contributed by atoms with Crippen molar-refractivity contribution in [2.45, 2.75) is 0 Å². The first kappa shape index (κ1) is 11.4. The molecule has 3 nitrogen and oxygen atoms in total. The van der Waals surface area contributed by atoms with Crippen molar-refractivity contribution >= 4 is 12.6 Å². The van der Waals surface area contributed by atoms with Crippen LogP contribution in [-0.4, -0.2) is 17.2 Å². The third kappa shape index (κ3) is 2.54. The summed E-state index contributed by atoms with van der Waals surface area (Å²) in [6, 6.07) is 16.3. The Bertz CT molecular complexity index is 541. The molecule has 0 saturated carbocycles. The van der Waals surface area contributed by atoms with Gasteiger partial charge in [0, 0.05) is 0 Å². The highest BCUT2D eigenvalue weighted by atomic mass is 16.4. The molecular weight excluding hydrogens is 213 g/mol. The zero-order chi connectivity index (χ0) is 12.3. The molecule has 2 aromatic rings. The van der Waals surface area contributed by atoms with Gasteiger partial charge >= 0.3 is 7.12 Å². The average molecular weight is 223 g/mol. The number of nitriles is 1. The molecule has 0 heterocycles. The highest BCUT2D eigenvalue weighted by molar-refractivity contribution is 6.58. The lowest BCUT2D eigenvalue weighted by Gasteiger charge is -2.03. The molecule has 0 aliphatic carbocycles. The summed E-state index contributed by atoms with van der Waals surface area (Å²) < 4.78 is 0. The van der Waals surface area contributed by atoms with Gasteiger partial charge in [0.25, 0.3) is 0 Å². The van der Waals surface area contributed by atoms with Gasteiger partial charge in [-0.05, 0) is 28.7 Å². The van der Waals surface area contributed by atoms with Crippen molar-refractivity contribution in [3.63, 3.8) is 0 Å². The lowest BCUT2D eigenvalue weighted by atomic mass is 9.80. The van der Waals surface area contributed by atoms with Gasteiger partial charge in [-0.3, -0.25) is 0 Å². The molecule has 0 spiro atoms. The van der Waals surface area contributed by atoms with Gasteiger partial charge in [0.2, 0.25) is 0 Å². The lowest BCUT2D eigenvalue weighted by Crippen LogP contribution is -2.29. The number of hydrogen-bond donors (Lipinski definition) is 2. The first-order chi connectivity index (χ1) is 8.20. The van der Waals surface area contributed by atoms with Crippen LogP contribution >= 0.6 is 0 Å². The third-order valence-corrected chi connectivity index (χ3v) is 2.56. The minimum Gasteiger partial charge on any atom is -0.423 e. The number of benzene rings is 2. The second-order valence-electron chi connectivity index (χ2n) is 3.68. The van der Waals surface area contributed by atoms with Crippen LogP contribution in [0.2, 0.25) is 0 Å². The van der Waals surface area contributed by atoms with Crippen LogP contribution in [0, 0.1) is 11.3 Å². The van der Waals surface area contributed by atoms with E-state index in [4.69, 9.17) is 15.3 Å². The Morgan fingerprint density at radius 3 is 1.71 bits per heavy atom. The topological polar surface area (TPSA) is 64.2 Å². The van der Waals surface area contributed by atoms with Crippen LogP contribution in [0.25, 0.3) is 11.1 Å². The zero-order valence-electron chi connectivity index (χ0n) is 9.04. The second-order valence-corrected chi connectivity index (χ2v) is 3.68. The molecule has 2 rings (SSSR count). The van der Waals surface area contributed by atoms with Crippen molar-refractivity contribution in [2.24, 2.45) is 0 Å². The van der Waals surface area contributed by atoms with Gasteiger partial charge in [-0.2, -0.15) is 5.26 Å². The summed E-state index contributed by atoms with van der Waals surface area (Å²) >= 11 is 0. The van der Waals surface area contributed by atoms with E-state index in [1.807, 2.05) is 24.3 Å². The van der Waals surface area contributed by atoms with E-state index in [0.29, 0.717) is 11.0 Å². The van der Waals surface area contributed by atoms with Crippen LogP contribution in [0.3, 0.4) is 0 Å². The Morgan fingerprint density at radius 2 is 1.29 bits per heavy atom. The molecule has 0 saturated heterocycles. The summed E-state index contributed by atoms with van der Waals surface area (Å²) in [5.74, 6) is 0. The predicted octanol–water partition coefficient (Wildman–Crippen LogP) is 0.905. The summed E-state index contributed by atoms with van der Waals surface area (Å²) in [4.78, 5) is 0. The van der Waals surface area contributed by atoms with Crippen LogP contribution in [0.1, 0.15) is 5.56 Å². The average Bonchev–Trinajstić information content (AvgIpc) is 2.39. The molecule has 0 fully saturated rings. The van der Waals surface area contributed by atoms with Crippen LogP contribution in [0.5, 0.6) is 0 Å². The van der Waals surface area contributed by atoms with Gasteiger partial charge in [0.15, 0.2) is 0 Å². The molecule has 2 N–H and O–H groups in total. The SMILES string of the molecule is N#Cc1ccc(-c2ccc(B(O)O)cc2)cc1. The smallest absolute Gasteiger partial charge is 0.423 e. The van der Waals surface area contributed by atoms with E-state index in [1.165, 1.54) is 0 Å². The molecule has 0 aromatic heterocycles. The summed E-state index contributed by atoms with van der Waals surface area (Å²) in [5, 5.41) is 26.6. The first-order valence-electron chi connectivity index (χ1n) is 5.17. The maximum atomic E-state index is 8.97. The molecule has 0 atom stereocenters.